The molecule has 3 fully saturated rings. The molecule has 2 saturated heterocycles. The summed E-state index contributed by atoms with van der Waals surface area (Å²) >= 11 is 0. The van der Waals surface area contributed by atoms with Crippen molar-refractivity contribution in [3.8, 4) is 0 Å². The Kier molecular flexibility index (Phi) is 5.51. The van der Waals surface area contributed by atoms with Crippen molar-refractivity contribution in [3.05, 3.63) is 65.7 Å². The van der Waals surface area contributed by atoms with Crippen LogP contribution in [0.15, 0.2) is 59.5 Å². The number of esters is 1. The number of carbonyl (C=O) groups is 1. The van der Waals surface area contributed by atoms with Crippen LogP contribution in [0.25, 0.3) is 0 Å². The summed E-state index contributed by atoms with van der Waals surface area (Å²) in [6.45, 7) is 2.32. The average Bonchev–Trinajstić information content (AvgIpc) is 2.80. The molecule has 0 amide bonds. The summed E-state index contributed by atoms with van der Waals surface area (Å²) in [6.07, 6.45) is 3.75. The lowest BCUT2D eigenvalue weighted by molar-refractivity contribution is -0.165. The lowest BCUT2D eigenvalue weighted by Gasteiger charge is -2.64. The van der Waals surface area contributed by atoms with Gasteiger partial charge in [0.15, 0.2) is 0 Å². The lowest BCUT2D eigenvalue weighted by atomic mass is 9.48. The predicted octanol–water partition coefficient (Wildman–Crippen LogP) is 3.95. The van der Waals surface area contributed by atoms with Gasteiger partial charge in [0.2, 0.25) is 0 Å². The van der Waals surface area contributed by atoms with Crippen molar-refractivity contribution in [2.24, 2.45) is 11.8 Å². The minimum absolute atomic E-state index is 0.00980. The average molecular weight is 438 g/mol. The van der Waals surface area contributed by atoms with E-state index in [4.69, 9.17) is 4.74 Å². The highest BCUT2D eigenvalue weighted by molar-refractivity contribution is 7.85. The number of rotatable bonds is 6. The van der Waals surface area contributed by atoms with Crippen molar-refractivity contribution < 1.29 is 13.7 Å². The first kappa shape index (κ1) is 20.9. The van der Waals surface area contributed by atoms with Gasteiger partial charge in [0.05, 0.1) is 23.3 Å². The SMILES string of the molecule is CCOC(=O)C1CC2C3Cc4ccccc4[C@]2(CCS(=O)c2ccccc2)CC1N3C. The normalized spacial score (nSPS) is 32.3. The van der Waals surface area contributed by atoms with Gasteiger partial charge < -0.3 is 4.74 Å². The first-order valence-electron chi connectivity index (χ1n) is 11.5. The first-order chi connectivity index (χ1) is 15.0. The molecule has 2 aromatic carbocycles. The summed E-state index contributed by atoms with van der Waals surface area (Å²) in [7, 11) is 1.18. The van der Waals surface area contributed by atoms with Gasteiger partial charge in [-0.2, -0.15) is 0 Å². The Labute approximate surface area is 187 Å². The molecule has 2 heterocycles. The summed E-state index contributed by atoms with van der Waals surface area (Å²) < 4.78 is 18.6. The van der Waals surface area contributed by atoms with E-state index in [0.717, 1.165) is 30.6 Å². The Balaban J connectivity index is 1.49. The van der Waals surface area contributed by atoms with Crippen molar-refractivity contribution in [3.63, 3.8) is 0 Å². The topological polar surface area (TPSA) is 46.6 Å². The molecule has 0 radical (unpaired) electrons. The molecular weight excluding hydrogens is 406 g/mol. The van der Waals surface area contributed by atoms with Gasteiger partial charge in [-0.25, -0.2) is 0 Å². The Hall–Kier alpha value is -1.98. The first-order valence-corrected chi connectivity index (χ1v) is 12.8. The van der Waals surface area contributed by atoms with E-state index in [2.05, 4.69) is 36.2 Å². The number of benzene rings is 2. The van der Waals surface area contributed by atoms with E-state index in [9.17, 15) is 9.00 Å². The summed E-state index contributed by atoms with van der Waals surface area (Å²) in [6, 6.07) is 19.3. The number of likely N-dealkylation sites (N-methyl/N-ethyl adjacent to an activating group) is 1. The van der Waals surface area contributed by atoms with Crippen LogP contribution in [0.3, 0.4) is 0 Å². The number of ether oxygens (including phenoxy) is 1. The molecule has 2 aliphatic carbocycles. The van der Waals surface area contributed by atoms with Crippen LogP contribution in [-0.4, -0.2) is 46.6 Å². The van der Waals surface area contributed by atoms with E-state index in [1.807, 2.05) is 37.3 Å². The zero-order valence-corrected chi connectivity index (χ0v) is 19.1. The van der Waals surface area contributed by atoms with Gasteiger partial charge in [-0.15, -0.1) is 0 Å². The molecule has 2 aromatic rings. The van der Waals surface area contributed by atoms with E-state index in [1.165, 1.54) is 11.1 Å². The second kappa shape index (κ2) is 8.18. The number of fused-ring (bicyclic) bond motifs is 2. The molecule has 0 spiro atoms. The molecule has 4 aliphatic rings. The summed E-state index contributed by atoms with van der Waals surface area (Å²) in [5, 5.41) is 0. The Bertz CT molecular complexity index is 993. The monoisotopic (exact) mass is 437 g/mol. The quantitative estimate of drug-likeness (QED) is 0.642. The van der Waals surface area contributed by atoms with Gasteiger partial charge in [0.1, 0.15) is 0 Å². The third kappa shape index (κ3) is 3.37. The third-order valence-electron chi connectivity index (χ3n) is 8.08. The maximum Gasteiger partial charge on any atom is 0.310 e. The van der Waals surface area contributed by atoms with Gasteiger partial charge in [-0.05, 0) is 68.8 Å². The molecule has 2 aliphatic heterocycles. The minimum Gasteiger partial charge on any atom is -0.466 e. The van der Waals surface area contributed by atoms with E-state index in [-0.39, 0.29) is 23.3 Å². The van der Waals surface area contributed by atoms with Crippen LogP contribution >= 0.6 is 0 Å². The molecular formula is C26H31NO3S. The third-order valence-corrected chi connectivity index (χ3v) is 9.45. The van der Waals surface area contributed by atoms with Gasteiger partial charge >= 0.3 is 5.97 Å². The van der Waals surface area contributed by atoms with Crippen molar-refractivity contribution in [1.82, 2.24) is 4.90 Å². The zero-order valence-electron chi connectivity index (χ0n) is 18.3. The predicted molar refractivity (Wildman–Crippen MR) is 122 cm³/mol. The largest absolute Gasteiger partial charge is 0.466 e. The number of hydrogen-bond donors (Lipinski definition) is 0. The Morgan fingerprint density at radius 1 is 1.13 bits per heavy atom. The molecule has 5 unspecified atom stereocenters. The maximum atomic E-state index is 13.1. The molecule has 5 heteroatoms. The van der Waals surface area contributed by atoms with Gasteiger partial charge in [-0.3, -0.25) is 13.9 Å². The fourth-order valence-corrected chi connectivity index (χ4v) is 7.95. The van der Waals surface area contributed by atoms with Gasteiger partial charge in [-0.1, -0.05) is 42.5 Å². The van der Waals surface area contributed by atoms with Crippen LogP contribution in [0.4, 0.5) is 0 Å². The van der Waals surface area contributed by atoms with Crippen LogP contribution in [0, 0.1) is 11.8 Å². The van der Waals surface area contributed by atoms with E-state index in [0.29, 0.717) is 24.3 Å². The van der Waals surface area contributed by atoms with Crippen molar-refractivity contribution in [2.75, 3.05) is 19.4 Å². The number of nitrogens with zero attached hydrogens (tertiary/aromatic N) is 1. The molecule has 0 aromatic heterocycles. The number of carbonyl (C=O) groups excluding carboxylic acids is 1. The summed E-state index contributed by atoms with van der Waals surface area (Å²) in [5.74, 6) is 0.948. The molecule has 31 heavy (non-hydrogen) atoms. The fraction of sp³-hybridized carbons (Fsp3) is 0.500. The van der Waals surface area contributed by atoms with E-state index < -0.39 is 10.8 Å². The van der Waals surface area contributed by atoms with Crippen LogP contribution in [0.1, 0.15) is 37.3 Å². The zero-order chi connectivity index (χ0) is 21.6. The lowest BCUT2D eigenvalue weighted by Crippen LogP contribution is -2.69. The Morgan fingerprint density at radius 2 is 1.87 bits per heavy atom. The summed E-state index contributed by atoms with van der Waals surface area (Å²) in [5.41, 5.74) is 2.85. The highest BCUT2D eigenvalue weighted by Gasteiger charge is 2.61. The van der Waals surface area contributed by atoms with Crippen molar-refractivity contribution >= 4 is 16.8 Å². The van der Waals surface area contributed by atoms with Crippen molar-refractivity contribution in [2.45, 2.75) is 55.0 Å². The molecule has 6 atom stereocenters. The standard InChI is InChI=1S/C26H31NO3S/c1-3-30-25(28)20-16-22-23-15-18-9-7-8-12-21(18)26(22,17-24(20)27(23)2)13-14-31(29)19-10-5-4-6-11-19/h4-12,20,22-24H,3,13-17H2,1-2H3/t20?,22?,23?,24?,26-,31?/m0/s1. The molecule has 4 bridgehead atoms. The molecule has 0 N–H and O–H groups in total. The highest BCUT2D eigenvalue weighted by atomic mass is 32.2. The minimum atomic E-state index is -1.01. The second-order valence-corrected chi connectivity index (χ2v) is 10.9. The highest BCUT2D eigenvalue weighted by Crippen LogP contribution is 2.59. The van der Waals surface area contributed by atoms with Gasteiger partial charge in [0, 0.05) is 28.1 Å². The smallest absolute Gasteiger partial charge is 0.310 e. The molecule has 164 valence electrons. The van der Waals surface area contributed by atoms with E-state index >= 15 is 0 Å². The summed E-state index contributed by atoms with van der Waals surface area (Å²) in [4.78, 5) is 16.1. The number of hydrogen-bond acceptors (Lipinski definition) is 4. The van der Waals surface area contributed by atoms with Crippen LogP contribution < -0.4 is 0 Å². The van der Waals surface area contributed by atoms with E-state index in [1.54, 1.807) is 0 Å². The molecule has 1 saturated carbocycles. The molecule has 6 rings (SSSR count). The molecule has 4 nitrogen and oxygen atoms in total. The fourth-order valence-electron chi connectivity index (χ4n) is 6.70. The maximum absolute atomic E-state index is 13.1. The Morgan fingerprint density at radius 3 is 2.65 bits per heavy atom. The van der Waals surface area contributed by atoms with Crippen molar-refractivity contribution in [1.29, 1.82) is 0 Å². The van der Waals surface area contributed by atoms with Gasteiger partial charge in [0.25, 0.3) is 0 Å². The number of piperidine rings is 2. The van der Waals surface area contributed by atoms with Crippen LogP contribution in [0.5, 0.6) is 0 Å². The van der Waals surface area contributed by atoms with Crippen LogP contribution in [-0.2, 0) is 32.2 Å². The second-order valence-electron chi connectivity index (χ2n) is 9.34. The van der Waals surface area contributed by atoms with Crippen LogP contribution in [0.2, 0.25) is 0 Å².